The van der Waals surface area contributed by atoms with Crippen molar-refractivity contribution in [1.82, 2.24) is 10.6 Å². The Balaban J connectivity index is 2.66. The van der Waals surface area contributed by atoms with E-state index in [0.717, 1.165) is 5.56 Å². The van der Waals surface area contributed by atoms with Crippen LogP contribution in [0.3, 0.4) is 0 Å². The second-order valence-corrected chi connectivity index (χ2v) is 6.03. The minimum atomic E-state index is -1.01. The van der Waals surface area contributed by atoms with Crippen molar-refractivity contribution in [2.24, 2.45) is 11.5 Å². The van der Waals surface area contributed by atoms with Crippen molar-refractivity contribution in [3.63, 3.8) is 0 Å². The molecular formula is C17H24ClN5O3. The van der Waals surface area contributed by atoms with E-state index in [4.69, 9.17) is 28.5 Å². The highest BCUT2D eigenvalue weighted by atomic mass is 35.5. The Morgan fingerprint density at radius 2 is 1.85 bits per heavy atom. The van der Waals surface area contributed by atoms with Gasteiger partial charge in [-0.25, -0.2) is 0 Å². The summed E-state index contributed by atoms with van der Waals surface area (Å²) in [5.41, 5.74) is 12.0. The Morgan fingerprint density at radius 3 is 2.42 bits per heavy atom. The molecule has 0 saturated carbocycles. The predicted molar refractivity (Wildman–Crippen MR) is 99.9 cm³/mol. The number of halogens is 1. The number of ketones is 2. The number of Topliss-reactive ketones (excluding diaryl/α,β-unsaturated/α-hetero) is 2. The second kappa shape index (κ2) is 11.2. The maximum absolute atomic E-state index is 12.3. The van der Waals surface area contributed by atoms with Gasteiger partial charge in [-0.1, -0.05) is 30.3 Å². The number of guanidine groups is 1. The molecule has 0 heterocycles. The summed E-state index contributed by atoms with van der Waals surface area (Å²) in [7, 11) is 0. The topological polar surface area (TPSA) is 151 Å². The zero-order valence-electron chi connectivity index (χ0n) is 14.3. The van der Waals surface area contributed by atoms with E-state index in [9.17, 15) is 14.4 Å². The lowest BCUT2D eigenvalue weighted by atomic mass is 10.0. The Hall–Kier alpha value is -2.45. The van der Waals surface area contributed by atoms with Gasteiger partial charge < -0.3 is 22.1 Å². The number of nitrogens with two attached hydrogens (primary N) is 2. The molecule has 7 N–H and O–H groups in total. The van der Waals surface area contributed by atoms with Gasteiger partial charge in [0.05, 0.1) is 18.0 Å². The number of alkyl halides is 1. The van der Waals surface area contributed by atoms with Crippen LogP contribution in [0, 0.1) is 5.41 Å². The molecule has 0 aliphatic heterocycles. The van der Waals surface area contributed by atoms with Gasteiger partial charge >= 0.3 is 0 Å². The molecule has 0 aliphatic rings. The van der Waals surface area contributed by atoms with Crippen LogP contribution in [0.1, 0.15) is 18.4 Å². The highest BCUT2D eigenvalue weighted by Crippen LogP contribution is 2.05. The molecule has 26 heavy (non-hydrogen) atoms. The fraction of sp³-hybridized carbons (Fsp3) is 0.412. The first-order chi connectivity index (χ1) is 12.3. The first-order valence-electron chi connectivity index (χ1n) is 8.16. The van der Waals surface area contributed by atoms with Crippen molar-refractivity contribution >= 4 is 35.0 Å². The number of benzene rings is 1. The zero-order valence-corrected chi connectivity index (χ0v) is 15.1. The Bertz CT molecular complexity index is 639. The standard InChI is InChI=1S/C17H24ClN5O3/c18-10-14(24)15(25)13(7-4-8-22-17(20)21)23-16(26)12(19)9-11-5-2-1-3-6-11/h1-3,5-6,12-13H,4,7-10,19H2,(H,23,26)(H4,20,21,22)/t12-,13-/m0/s1. The Labute approximate surface area is 157 Å². The molecule has 1 aromatic carbocycles. The third-order valence-corrected chi connectivity index (χ3v) is 3.89. The van der Waals surface area contributed by atoms with Crippen LogP contribution >= 0.6 is 11.6 Å². The van der Waals surface area contributed by atoms with E-state index in [0.29, 0.717) is 19.4 Å². The van der Waals surface area contributed by atoms with Gasteiger partial charge in [-0.05, 0) is 24.8 Å². The van der Waals surface area contributed by atoms with Crippen LogP contribution in [0.2, 0.25) is 0 Å². The minimum Gasteiger partial charge on any atom is -0.370 e. The summed E-state index contributed by atoms with van der Waals surface area (Å²) in [5, 5.41) is 12.2. The van der Waals surface area contributed by atoms with Crippen LogP contribution in [0.4, 0.5) is 0 Å². The molecular weight excluding hydrogens is 358 g/mol. The van der Waals surface area contributed by atoms with Crippen LogP contribution in [-0.4, -0.2) is 47.9 Å². The van der Waals surface area contributed by atoms with Gasteiger partial charge in [0.25, 0.3) is 0 Å². The van der Waals surface area contributed by atoms with Crippen molar-refractivity contribution in [3.8, 4) is 0 Å². The maximum atomic E-state index is 12.3. The van der Waals surface area contributed by atoms with E-state index in [2.05, 4.69) is 10.6 Å². The third-order valence-electron chi connectivity index (χ3n) is 3.65. The zero-order chi connectivity index (χ0) is 19.5. The maximum Gasteiger partial charge on any atom is 0.237 e. The van der Waals surface area contributed by atoms with Gasteiger partial charge in [0.15, 0.2) is 5.96 Å². The number of rotatable bonds is 11. The first-order valence-corrected chi connectivity index (χ1v) is 8.69. The molecule has 142 valence electrons. The fourth-order valence-corrected chi connectivity index (χ4v) is 2.43. The van der Waals surface area contributed by atoms with E-state index < -0.39 is 35.4 Å². The lowest BCUT2D eigenvalue weighted by Crippen LogP contribution is -2.51. The molecule has 8 nitrogen and oxygen atoms in total. The van der Waals surface area contributed by atoms with Gasteiger partial charge in [-0.2, -0.15) is 0 Å². The molecule has 0 saturated heterocycles. The number of hydrogen-bond acceptors (Lipinski definition) is 5. The molecule has 1 aromatic rings. The average Bonchev–Trinajstić information content (AvgIpc) is 2.63. The quantitative estimate of drug-likeness (QED) is 0.116. The van der Waals surface area contributed by atoms with Crippen molar-refractivity contribution in [2.45, 2.75) is 31.3 Å². The van der Waals surface area contributed by atoms with Crippen molar-refractivity contribution in [1.29, 1.82) is 5.41 Å². The van der Waals surface area contributed by atoms with Gasteiger partial charge in [0.1, 0.15) is 0 Å². The Kier molecular flexibility index (Phi) is 9.32. The van der Waals surface area contributed by atoms with Crippen LogP contribution in [0.5, 0.6) is 0 Å². The van der Waals surface area contributed by atoms with Gasteiger partial charge in [0.2, 0.25) is 17.5 Å². The van der Waals surface area contributed by atoms with Gasteiger partial charge in [-0.3, -0.25) is 19.8 Å². The summed E-state index contributed by atoms with van der Waals surface area (Å²) in [6.07, 6.45) is 0.925. The molecule has 0 aromatic heterocycles. The molecule has 1 amide bonds. The number of hydrogen-bond donors (Lipinski definition) is 5. The van der Waals surface area contributed by atoms with Crippen LogP contribution in [0.15, 0.2) is 30.3 Å². The fourth-order valence-electron chi connectivity index (χ4n) is 2.30. The average molecular weight is 382 g/mol. The van der Waals surface area contributed by atoms with Crippen LogP contribution < -0.4 is 22.1 Å². The van der Waals surface area contributed by atoms with Crippen molar-refractivity contribution in [2.75, 3.05) is 12.4 Å². The molecule has 9 heteroatoms. The summed E-state index contributed by atoms with van der Waals surface area (Å²) in [5.74, 6) is -2.70. The molecule has 2 atom stereocenters. The molecule has 0 unspecified atom stereocenters. The van der Waals surface area contributed by atoms with Crippen molar-refractivity contribution < 1.29 is 14.4 Å². The molecule has 0 bridgehead atoms. The van der Waals surface area contributed by atoms with Gasteiger partial charge in [0, 0.05) is 6.54 Å². The van der Waals surface area contributed by atoms with Crippen LogP contribution in [-0.2, 0) is 20.8 Å². The summed E-state index contributed by atoms with van der Waals surface area (Å²) in [6.45, 7) is 0.333. The van der Waals surface area contributed by atoms with E-state index in [-0.39, 0.29) is 12.4 Å². The lowest BCUT2D eigenvalue weighted by molar-refractivity contribution is -0.137. The highest BCUT2D eigenvalue weighted by Gasteiger charge is 2.27. The largest absolute Gasteiger partial charge is 0.370 e. The molecule has 0 aliphatic carbocycles. The monoisotopic (exact) mass is 381 g/mol. The van der Waals surface area contributed by atoms with Crippen molar-refractivity contribution in [3.05, 3.63) is 35.9 Å². The summed E-state index contributed by atoms with van der Waals surface area (Å²) in [6, 6.07) is 7.37. The first kappa shape index (κ1) is 21.6. The highest BCUT2D eigenvalue weighted by molar-refractivity contribution is 6.48. The van der Waals surface area contributed by atoms with E-state index >= 15 is 0 Å². The molecule has 0 radical (unpaired) electrons. The molecule has 0 spiro atoms. The predicted octanol–water partition coefficient (Wildman–Crippen LogP) is -0.319. The summed E-state index contributed by atoms with van der Waals surface area (Å²) >= 11 is 5.44. The Morgan fingerprint density at radius 1 is 1.19 bits per heavy atom. The summed E-state index contributed by atoms with van der Waals surface area (Å²) < 4.78 is 0. The van der Waals surface area contributed by atoms with E-state index in [1.807, 2.05) is 30.3 Å². The van der Waals surface area contributed by atoms with E-state index in [1.54, 1.807) is 0 Å². The normalized spacial score (nSPS) is 12.7. The third kappa shape index (κ3) is 7.62. The molecule has 0 fully saturated rings. The van der Waals surface area contributed by atoms with E-state index in [1.165, 1.54) is 0 Å². The second-order valence-electron chi connectivity index (χ2n) is 5.76. The van der Waals surface area contributed by atoms with Crippen LogP contribution in [0.25, 0.3) is 0 Å². The smallest absolute Gasteiger partial charge is 0.237 e. The lowest BCUT2D eigenvalue weighted by Gasteiger charge is -2.19. The number of nitrogens with one attached hydrogen (secondary N) is 3. The SMILES string of the molecule is N=C(N)NCCC[C@H](NC(=O)[C@@H](N)Cc1ccccc1)C(=O)C(=O)CCl. The molecule has 1 rings (SSSR count). The number of carbonyl (C=O) groups excluding carboxylic acids is 3. The van der Waals surface area contributed by atoms with Gasteiger partial charge in [-0.15, -0.1) is 11.6 Å². The minimum absolute atomic E-state index is 0.196. The number of carbonyl (C=O) groups is 3. The summed E-state index contributed by atoms with van der Waals surface area (Å²) in [4.78, 5) is 36.1. The number of amides is 1.